The van der Waals surface area contributed by atoms with Gasteiger partial charge in [-0.25, -0.2) is 0 Å². The highest BCUT2D eigenvalue weighted by atomic mass is 14.1. The van der Waals surface area contributed by atoms with Gasteiger partial charge in [-0.2, -0.15) is 0 Å². The Bertz CT molecular complexity index is 591. The van der Waals surface area contributed by atoms with Gasteiger partial charge in [-0.15, -0.1) is 0 Å². The second kappa shape index (κ2) is 5.39. The zero-order valence-electron chi connectivity index (χ0n) is 11.6. The smallest absolute Gasteiger partial charge is 0.0109 e. The fourth-order valence-corrected chi connectivity index (χ4v) is 2.80. The lowest BCUT2D eigenvalue weighted by Gasteiger charge is -2.13. The molecule has 2 aromatic rings. The summed E-state index contributed by atoms with van der Waals surface area (Å²) in [5, 5.41) is 4.96. The van der Waals surface area contributed by atoms with Crippen molar-refractivity contribution < 1.29 is 0 Å². The van der Waals surface area contributed by atoms with E-state index in [4.69, 9.17) is 0 Å². The highest BCUT2D eigenvalue weighted by Gasteiger charge is 2.08. The van der Waals surface area contributed by atoms with Crippen LogP contribution in [0.25, 0.3) is 23.9 Å². The molecule has 0 saturated heterocycles. The third kappa shape index (κ3) is 2.08. The minimum atomic E-state index is 1.11. The van der Waals surface area contributed by atoms with Crippen molar-refractivity contribution in [3.05, 3.63) is 45.8 Å². The highest BCUT2D eigenvalue weighted by molar-refractivity contribution is 5.85. The zero-order valence-corrected chi connectivity index (χ0v) is 11.6. The molecule has 0 bridgehead atoms. The van der Waals surface area contributed by atoms with Crippen LogP contribution >= 0.6 is 0 Å². The van der Waals surface area contributed by atoms with Crippen molar-refractivity contribution in [3.63, 3.8) is 0 Å². The van der Waals surface area contributed by atoms with Crippen molar-refractivity contribution in [3.8, 4) is 0 Å². The van der Waals surface area contributed by atoms with E-state index in [0.29, 0.717) is 0 Å². The van der Waals surface area contributed by atoms with E-state index in [0.717, 1.165) is 25.7 Å². The molecule has 94 valence electrons. The number of fused-ring (bicyclic) bond motifs is 1. The minimum Gasteiger partial charge on any atom is -0.0908 e. The molecule has 0 radical (unpaired) electrons. The molecule has 0 saturated carbocycles. The van der Waals surface area contributed by atoms with Gasteiger partial charge in [0, 0.05) is 0 Å². The van der Waals surface area contributed by atoms with E-state index in [1.165, 1.54) is 32.3 Å². The maximum atomic E-state index is 4.32. The molecule has 0 aromatic heterocycles. The fourth-order valence-electron chi connectivity index (χ4n) is 2.80. The summed E-state index contributed by atoms with van der Waals surface area (Å²) in [5.41, 5.74) is 2.87. The Balaban J connectivity index is 2.87. The molecule has 18 heavy (non-hydrogen) atoms. The van der Waals surface area contributed by atoms with Crippen LogP contribution in [0.1, 0.15) is 37.8 Å². The Morgan fingerprint density at radius 3 is 1.50 bits per heavy atom. The van der Waals surface area contributed by atoms with Crippen LogP contribution in [0, 0.1) is 0 Å². The van der Waals surface area contributed by atoms with Gasteiger partial charge in [0.2, 0.25) is 0 Å². The van der Waals surface area contributed by atoms with Gasteiger partial charge in [0.15, 0.2) is 0 Å². The maximum Gasteiger partial charge on any atom is -0.0109 e. The second-order valence-electron chi connectivity index (χ2n) is 4.96. The number of hydrogen-bond donors (Lipinski definition) is 0. The van der Waals surface area contributed by atoms with E-state index < -0.39 is 0 Å². The quantitative estimate of drug-likeness (QED) is 0.764. The van der Waals surface area contributed by atoms with Crippen molar-refractivity contribution in [2.45, 2.75) is 39.5 Å². The number of rotatable bonds is 4. The molecular formula is C18H22. The summed E-state index contributed by atoms with van der Waals surface area (Å²) in [6, 6.07) is 8.51. The van der Waals surface area contributed by atoms with Gasteiger partial charge in [-0.3, -0.25) is 0 Å². The molecule has 0 heterocycles. The van der Waals surface area contributed by atoms with Gasteiger partial charge in [-0.1, -0.05) is 64.1 Å². The molecule has 0 unspecified atom stereocenters. The molecule has 0 atom stereocenters. The van der Waals surface area contributed by atoms with E-state index in [-0.39, 0.29) is 0 Å². The number of benzene rings is 2. The van der Waals surface area contributed by atoms with E-state index in [1.807, 2.05) is 0 Å². The summed E-state index contributed by atoms with van der Waals surface area (Å²) in [5.74, 6) is 0. The van der Waals surface area contributed by atoms with Crippen LogP contribution in [-0.4, -0.2) is 0 Å². The van der Waals surface area contributed by atoms with Gasteiger partial charge in [0.05, 0.1) is 0 Å². The predicted molar refractivity (Wildman–Crippen MR) is 82.2 cm³/mol. The van der Waals surface area contributed by atoms with Crippen molar-refractivity contribution in [1.29, 1.82) is 0 Å². The first kappa shape index (κ1) is 12.9. The van der Waals surface area contributed by atoms with E-state index in [1.54, 1.807) is 0 Å². The SMILES string of the molecule is C=c1c(CCC)c(CCC)c(=C)c2ccccc12. The summed E-state index contributed by atoms with van der Waals surface area (Å²) in [7, 11) is 0. The first-order valence-electron chi connectivity index (χ1n) is 6.91. The Hall–Kier alpha value is -1.56. The molecule has 0 nitrogen and oxygen atoms in total. The molecule has 0 aliphatic carbocycles. The van der Waals surface area contributed by atoms with Crippen LogP contribution in [0.4, 0.5) is 0 Å². The van der Waals surface area contributed by atoms with Crippen LogP contribution in [0.5, 0.6) is 0 Å². The van der Waals surface area contributed by atoms with Crippen molar-refractivity contribution in [1.82, 2.24) is 0 Å². The molecule has 2 aromatic carbocycles. The maximum absolute atomic E-state index is 4.32. The topological polar surface area (TPSA) is 0 Å². The van der Waals surface area contributed by atoms with E-state index in [2.05, 4.69) is 51.3 Å². The lowest BCUT2D eigenvalue weighted by Crippen LogP contribution is -2.22. The van der Waals surface area contributed by atoms with Crippen molar-refractivity contribution in [2.24, 2.45) is 0 Å². The Morgan fingerprint density at radius 2 is 1.17 bits per heavy atom. The Labute approximate surface area is 110 Å². The second-order valence-corrected chi connectivity index (χ2v) is 4.96. The van der Waals surface area contributed by atoms with E-state index in [9.17, 15) is 0 Å². The normalized spacial score (nSPS) is 11.0. The predicted octanol–water partition coefficient (Wildman–Crippen LogP) is 3.57. The molecule has 0 N–H and O–H groups in total. The molecule has 0 aliphatic heterocycles. The fraction of sp³-hybridized carbons (Fsp3) is 0.333. The lowest BCUT2D eigenvalue weighted by molar-refractivity contribution is 0.854. The molecular weight excluding hydrogens is 216 g/mol. The average molecular weight is 238 g/mol. The Morgan fingerprint density at radius 1 is 0.778 bits per heavy atom. The van der Waals surface area contributed by atoms with Crippen LogP contribution in [0.3, 0.4) is 0 Å². The average Bonchev–Trinajstić information content (AvgIpc) is 2.40. The van der Waals surface area contributed by atoms with Crippen molar-refractivity contribution >= 4 is 23.9 Å². The lowest BCUT2D eigenvalue weighted by atomic mass is 9.91. The third-order valence-electron chi connectivity index (χ3n) is 3.67. The van der Waals surface area contributed by atoms with Gasteiger partial charge in [0.1, 0.15) is 0 Å². The molecule has 2 rings (SSSR count). The summed E-state index contributed by atoms with van der Waals surface area (Å²) in [4.78, 5) is 0. The van der Waals surface area contributed by atoms with Gasteiger partial charge in [0.25, 0.3) is 0 Å². The summed E-state index contributed by atoms with van der Waals surface area (Å²) in [6.07, 6.45) is 4.55. The summed E-state index contributed by atoms with van der Waals surface area (Å²) in [6.45, 7) is 13.1. The first-order valence-corrected chi connectivity index (χ1v) is 6.91. The summed E-state index contributed by atoms with van der Waals surface area (Å²) < 4.78 is 0. The molecule has 0 aliphatic rings. The van der Waals surface area contributed by atoms with Gasteiger partial charge < -0.3 is 0 Å². The van der Waals surface area contributed by atoms with Gasteiger partial charge in [-0.05, 0) is 45.2 Å². The van der Waals surface area contributed by atoms with E-state index >= 15 is 0 Å². The molecule has 0 spiro atoms. The van der Waals surface area contributed by atoms with Crippen LogP contribution in [0.15, 0.2) is 24.3 Å². The molecule has 0 heteroatoms. The molecule has 0 fully saturated rings. The third-order valence-corrected chi connectivity index (χ3v) is 3.67. The summed E-state index contributed by atoms with van der Waals surface area (Å²) >= 11 is 0. The monoisotopic (exact) mass is 238 g/mol. The largest absolute Gasteiger partial charge is 0.0908 e. The van der Waals surface area contributed by atoms with Crippen LogP contribution in [0.2, 0.25) is 0 Å². The minimum absolute atomic E-state index is 1.11. The number of hydrogen-bond acceptors (Lipinski definition) is 0. The standard InChI is InChI=1S/C18H22/c1-5-9-15-13(3)17-11-7-8-12-18(17)14(4)16(15)10-6-2/h7-8,11-12H,3-6,9-10H2,1-2H3. The van der Waals surface area contributed by atoms with Crippen LogP contribution < -0.4 is 10.4 Å². The Kier molecular flexibility index (Phi) is 3.86. The zero-order chi connectivity index (χ0) is 13.1. The van der Waals surface area contributed by atoms with Crippen LogP contribution in [-0.2, 0) is 12.8 Å². The highest BCUT2D eigenvalue weighted by Crippen LogP contribution is 2.13. The van der Waals surface area contributed by atoms with Crippen molar-refractivity contribution in [2.75, 3.05) is 0 Å². The first-order chi connectivity index (χ1) is 8.70. The van der Waals surface area contributed by atoms with Gasteiger partial charge >= 0.3 is 0 Å². The molecule has 0 amide bonds.